The van der Waals surface area contributed by atoms with Crippen molar-refractivity contribution in [1.82, 2.24) is 0 Å². The lowest BCUT2D eigenvalue weighted by atomic mass is 9.84. The summed E-state index contributed by atoms with van der Waals surface area (Å²) < 4.78 is 338. The summed E-state index contributed by atoms with van der Waals surface area (Å²) in [7, 11) is 0. The summed E-state index contributed by atoms with van der Waals surface area (Å²) in [4.78, 5) is 10.6. The largest absolute Gasteiger partial charge is 0.463 e. The van der Waals surface area contributed by atoms with Gasteiger partial charge in [0, 0.05) is 12.5 Å². The quantitative estimate of drug-likeness (QED) is 0.0728. The number of carbonyl (C=O) groups excluding carboxylic acids is 1. The average molecular weight is 732 g/mol. The summed E-state index contributed by atoms with van der Waals surface area (Å²) in [5, 5.41) is 0. The maximum absolute atomic E-state index is 13.8. The van der Waals surface area contributed by atoms with Gasteiger partial charge in [0.1, 0.15) is 0 Å². The fraction of sp³-hybridized carbons (Fsp3) is 0.833. The molecule has 0 aliphatic rings. The molecule has 0 amide bonds. The van der Waals surface area contributed by atoms with Crippen LogP contribution in [0.3, 0.4) is 0 Å². The molecule has 0 heterocycles. The van der Waals surface area contributed by atoms with E-state index < -0.39 is 96.7 Å². The predicted molar refractivity (Wildman–Crippen MR) is 90.9 cm³/mol. The first kappa shape index (κ1) is 42.5. The molecular formula is C18H9F25O2. The summed E-state index contributed by atoms with van der Waals surface area (Å²) in [6.07, 6.45) is -12.7. The van der Waals surface area contributed by atoms with Crippen LogP contribution in [-0.2, 0) is 9.53 Å². The highest BCUT2D eigenvalue weighted by atomic mass is 19.4. The van der Waals surface area contributed by atoms with Crippen LogP contribution in [0.15, 0.2) is 12.7 Å². The van der Waals surface area contributed by atoms with E-state index in [1.807, 2.05) is 0 Å². The summed E-state index contributed by atoms with van der Waals surface area (Å²) >= 11 is 0. The highest BCUT2D eigenvalue weighted by molar-refractivity contribution is 5.81. The molecule has 0 aromatic heterocycles. The summed E-state index contributed by atoms with van der Waals surface area (Å²) in [6.45, 7) is 1.18. The number of ether oxygens (including phenoxy) is 1. The lowest BCUT2D eigenvalue weighted by molar-refractivity contribution is -0.482. The molecule has 0 unspecified atom stereocenters. The number of hydrogen-bond donors (Lipinski definition) is 0. The van der Waals surface area contributed by atoms with Crippen molar-refractivity contribution < 1.29 is 119 Å². The van der Waals surface area contributed by atoms with Crippen molar-refractivity contribution >= 4 is 5.97 Å². The van der Waals surface area contributed by atoms with Gasteiger partial charge in [0.25, 0.3) is 0 Å². The Bertz CT molecular complexity index is 1080. The Morgan fingerprint density at radius 1 is 0.444 bits per heavy atom. The van der Waals surface area contributed by atoms with Crippen molar-refractivity contribution in [2.75, 3.05) is 6.61 Å². The van der Waals surface area contributed by atoms with Crippen LogP contribution in [-0.4, -0.2) is 83.9 Å². The Morgan fingerprint density at radius 2 is 0.689 bits per heavy atom. The first-order valence-corrected chi connectivity index (χ1v) is 10.2. The molecule has 0 aliphatic heterocycles. The van der Waals surface area contributed by atoms with Gasteiger partial charge in [-0.3, -0.25) is 0 Å². The first-order valence-electron chi connectivity index (χ1n) is 10.2. The molecule has 0 atom stereocenters. The Labute approximate surface area is 230 Å². The van der Waals surface area contributed by atoms with Gasteiger partial charge in [0.05, 0.1) is 6.61 Å². The van der Waals surface area contributed by atoms with E-state index in [1.165, 1.54) is 0 Å². The third-order valence-corrected chi connectivity index (χ3v) is 5.41. The number of carbonyl (C=O) groups is 1. The summed E-state index contributed by atoms with van der Waals surface area (Å²) in [6, 6.07) is 0. The molecule has 0 rings (SSSR count). The third kappa shape index (κ3) is 5.70. The molecule has 0 aromatic carbocycles. The number of rotatable bonds is 15. The Kier molecular flexibility index (Phi) is 10.7. The van der Waals surface area contributed by atoms with Crippen molar-refractivity contribution in [2.45, 2.75) is 84.2 Å². The topological polar surface area (TPSA) is 26.3 Å². The maximum atomic E-state index is 13.8. The van der Waals surface area contributed by atoms with Crippen LogP contribution < -0.4 is 0 Å². The van der Waals surface area contributed by atoms with Crippen LogP contribution in [0.5, 0.6) is 0 Å². The molecule has 0 spiro atoms. The van der Waals surface area contributed by atoms with Crippen molar-refractivity contribution in [3.63, 3.8) is 0 Å². The minimum atomic E-state index is -9.62. The van der Waals surface area contributed by atoms with Crippen LogP contribution >= 0.6 is 0 Å². The zero-order valence-corrected chi connectivity index (χ0v) is 20.2. The lowest BCUT2D eigenvalue weighted by Gasteiger charge is -2.45. The number of hydrogen-bond acceptors (Lipinski definition) is 2. The second-order valence-corrected chi connectivity index (χ2v) is 8.42. The standard InChI is InChI=1S/C18H9F25O2/c1-2-6(44)45-5-3-4-7(19,20)8(21,22)9(23,24)10(25,26)11(27,28)12(29,30)13(31,32)14(33,34)15(35,36)16(37,38)17(39,40)18(41,42)43/h2H,1,3-5H2. The normalized spacial score (nSPS) is 16.1. The van der Waals surface area contributed by atoms with Crippen LogP contribution in [0.25, 0.3) is 0 Å². The van der Waals surface area contributed by atoms with Gasteiger partial charge in [-0.05, 0) is 6.42 Å². The summed E-state index contributed by atoms with van der Waals surface area (Å²) in [5.41, 5.74) is 0. The minimum Gasteiger partial charge on any atom is -0.463 e. The molecule has 45 heavy (non-hydrogen) atoms. The molecule has 0 saturated carbocycles. The van der Waals surface area contributed by atoms with Gasteiger partial charge in [0.2, 0.25) is 0 Å². The number of halogens is 25. The van der Waals surface area contributed by atoms with E-state index in [0.717, 1.165) is 0 Å². The van der Waals surface area contributed by atoms with Gasteiger partial charge in [-0.2, -0.15) is 110 Å². The highest BCUT2D eigenvalue weighted by Crippen LogP contribution is 2.67. The maximum Gasteiger partial charge on any atom is 0.460 e. The van der Waals surface area contributed by atoms with Crippen molar-refractivity contribution in [3.05, 3.63) is 12.7 Å². The fourth-order valence-corrected chi connectivity index (χ4v) is 2.67. The molecule has 0 saturated heterocycles. The molecule has 27 heteroatoms. The predicted octanol–water partition coefficient (Wildman–Crippen LogP) is 9.05. The van der Waals surface area contributed by atoms with Crippen LogP contribution in [0.1, 0.15) is 12.8 Å². The minimum absolute atomic E-state index is 0.252. The third-order valence-electron chi connectivity index (χ3n) is 5.41. The van der Waals surface area contributed by atoms with Gasteiger partial charge in [-0.1, -0.05) is 6.58 Å². The molecule has 0 aliphatic carbocycles. The number of esters is 1. The van der Waals surface area contributed by atoms with Crippen molar-refractivity contribution in [2.24, 2.45) is 0 Å². The van der Waals surface area contributed by atoms with Crippen LogP contribution in [0, 0.1) is 0 Å². The van der Waals surface area contributed by atoms with Crippen molar-refractivity contribution in [3.8, 4) is 0 Å². The van der Waals surface area contributed by atoms with Gasteiger partial charge in [-0.15, -0.1) is 0 Å². The Morgan fingerprint density at radius 3 is 0.933 bits per heavy atom. The molecule has 0 bridgehead atoms. The van der Waals surface area contributed by atoms with E-state index >= 15 is 0 Å². The molecule has 268 valence electrons. The second kappa shape index (κ2) is 11.3. The Balaban J connectivity index is 7.04. The van der Waals surface area contributed by atoms with Crippen molar-refractivity contribution in [1.29, 1.82) is 0 Å². The zero-order valence-electron chi connectivity index (χ0n) is 20.2. The average Bonchev–Trinajstić information content (AvgIpc) is 2.84. The van der Waals surface area contributed by atoms with E-state index in [-0.39, 0.29) is 6.08 Å². The van der Waals surface area contributed by atoms with Gasteiger partial charge in [0.15, 0.2) is 0 Å². The van der Waals surface area contributed by atoms with Crippen LogP contribution in [0.2, 0.25) is 0 Å². The van der Waals surface area contributed by atoms with E-state index in [1.54, 1.807) is 0 Å². The smallest absolute Gasteiger partial charge is 0.460 e. The SMILES string of the molecule is C=CC(=O)OCCCC(F)(F)C(F)(F)C(F)(F)C(F)(F)C(F)(F)C(F)(F)C(F)(F)C(F)(F)C(F)(F)C(F)(F)C(F)(F)C(F)(F)F. The first-order chi connectivity index (χ1) is 19.2. The Hall–Kier alpha value is -2.54. The molecule has 0 radical (unpaired) electrons. The van der Waals surface area contributed by atoms with Gasteiger partial charge in [-0.25, -0.2) is 4.79 Å². The second-order valence-electron chi connectivity index (χ2n) is 8.42. The molecule has 2 nitrogen and oxygen atoms in total. The molecule has 0 N–H and O–H groups in total. The molecular weight excluding hydrogens is 723 g/mol. The molecule has 0 aromatic rings. The van der Waals surface area contributed by atoms with E-state index in [0.29, 0.717) is 0 Å². The van der Waals surface area contributed by atoms with E-state index in [9.17, 15) is 115 Å². The van der Waals surface area contributed by atoms with E-state index in [2.05, 4.69) is 11.3 Å². The highest BCUT2D eigenvalue weighted by Gasteiger charge is 2.99. The van der Waals surface area contributed by atoms with E-state index in [4.69, 9.17) is 0 Å². The van der Waals surface area contributed by atoms with Gasteiger partial charge >= 0.3 is 77.3 Å². The monoisotopic (exact) mass is 732 g/mol. The lowest BCUT2D eigenvalue weighted by Crippen LogP contribution is -2.78. The van der Waals surface area contributed by atoms with Crippen LogP contribution in [0.4, 0.5) is 110 Å². The summed E-state index contributed by atoms with van der Waals surface area (Å²) in [5.74, 6) is -100. The fourth-order valence-electron chi connectivity index (χ4n) is 2.67. The molecule has 0 fully saturated rings. The van der Waals surface area contributed by atoms with Gasteiger partial charge < -0.3 is 4.74 Å². The number of alkyl halides is 25. The zero-order chi connectivity index (χ0) is 37.1.